The lowest BCUT2D eigenvalue weighted by Gasteiger charge is -2.36. The summed E-state index contributed by atoms with van der Waals surface area (Å²) < 4.78 is 13.9. The molecule has 0 bridgehead atoms. The summed E-state index contributed by atoms with van der Waals surface area (Å²) in [5.41, 5.74) is 0.665. The molecule has 0 radical (unpaired) electrons. The highest BCUT2D eigenvalue weighted by Crippen LogP contribution is 2.21. The standard InChI is InChI=1S/C16H21FN6/c1-2-7-18-16-20-15(12-19-21-16)23-10-8-22(9-11-23)14-6-4-3-5-13(14)17/h3-6,12H,2,7-11H2,1H3,(H,18,20,21). The molecule has 0 atom stereocenters. The average Bonchev–Trinajstić information content (AvgIpc) is 2.61. The number of aromatic nitrogens is 3. The Bertz CT molecular complexity index is 642. The van der Waals surface area contributed by atoms with Gasteiger partial charge in [-0.05, 0) is 18.6 Å². The molecule has 1 fully saturated rings. The molecule has 0 unspecified atom stereocenters. The first-order chi connectivity index (χ1) is 11.3. The fraction of sp³-hybridized carbons (Fsp3) is 0.438. The molecular weight excluding hydrogens is 295 g/mol. The summed E-state index contributed by atoms with van der Waals surface area (Å²) in [6.45, 7) is 5.98. The summed E-state index contributed by atoms with van der Waals surface area (Å²) >= 11 is 0. The maximum atomic E-state index is 13.9. The van der Waals surface area contributed by atoms with Crippen molar-refractivity contribution < 1.29 is 4.39 Å². The molecular formula is C16H21FN6. The van der Waals surface area contributed by atoms with E-state index in [1.54, 1.807) is 12.3 Å². The van der Waals surface area contributed by atoms with Gasteiger partial charge < -0.3 is 15.1 Å². The molecule has 0 saturated carbocycles. The number of nitrogens with one attached hydrogen (secondary N) is 1. The molecule has 2 heterocycles. The monoisotopic (exact) mass is 316 g/mol. The third-order valence-corrected chi connectivity index (χ3v) is 3.88. The second kappa shape index (κ2) is 7.21. The van der Waals surface area contributed by atoms with Gasteiger partial charge in [0.15, 0.2) is 5.82 Å². The van der Waals surface area contributed by atoms with Crippen LogP contribution in [-0.2, 0) is 0 Å². The molecule has 23 heavy (non-hydrogen) atoms. The second-order valence-corrected chi connectivity index (χ2v) is 5.49. The number of anilines is 3. The number of benzene rings is 1. The highest BCUT2D eigenvalue weighted by molar-refractivity contribution is 5.50. The van der Waals surface area contributed by atoms with Crippen molar-refractivity contribution in [2.75, 3.05) is 47.8 Å². The minimum absolute atomic E-state index is 0.171. The van der Waals surface area contributed by atoms with Gasteiger partial charge in [-0.2, -0.15) is 10.1 Å². The van der Waals surface area contributed by atoms with E-state index in [0.717, 1.165) is 45.0 Å². The lowest BCUT2D eigenvalue weighted by Crippen LogP contribution is -2.47. The predicted octanol–water partition coefficient (Wildman–Crippen LogP) is 2.16. The van der Waals surface area contributed by atoms with E-state index in [9.17, 15) is 4.39 Å². The first-order valence-corrected chi connectivity index (χ1v) is 7.96. The Hall–Kier alpha value is -2.44. The summed E-state index contributed by atoms with van der Waals surface area (Å²) in [5.74, 6) is 1.20. The van der Waals surface area contributed by atoms with Crippen LogP contribution in [-0.4, -0.2) is 47.9 Å². The number of para-hydroxylation sites is 1. The van der Waals surface area contributed by atoms with Crippen LogP contribution < -0.4 is 15.1 Å². The Morgan fingerprint density at radius 3 is 2.61 bits per heavy atom. The van der Waals surface area contributed by atoms with Crippen LogP contribution in [0.25, 0.3) is 0 Å². The smallest absolute Gasteiger partial charge is 0.244 e. The van der Waals surface area contributed by atoms with Crippen LogP contribution >= 0.6 is 0 Å². The normalized spacial score (nSPS) is 14.9. The van der Waals surface area contributed by atoms with Crippen molar-refractivity contribution in [2.45, 2.75) is 13.3 Å². The Morgan fingerprint density at radius 1 is 1.13 bits per heavy atom. The predicted molar refractivity (Wildman–Crippen MR) is 89.4 cm³/mol. The molecule has 3 rings (SSSR count). The van der Waals surface area contributed by atoms with E-state index in [1.165, 1.54) is 6.07 Å². The van der Waals surface area contributed by atoms with Crippen LogP contribution in [0.3, 0.4) is 0 Å². The maximum absolute atomic E-state index is 13.9. The minimum Gasteiger partial charge on any atom is -0.366 e. The van der Waals surface area contributed by atoms with E-state index in [-0.39, 0.29) is 5.82 Å². The molecule has 1 aliphatic rings. The molecule has 1 aromatic carbocycles. The number of hydrogen-bond acceptors (Lipinski definition) is 6. The van der Waals surface area contributed by atoms with Gasteiger partial charge in [0.2, 0.25) is 5.95 Å². The fourth-order valence-electron chi connectivity index (χ4n) is 2.64. The van der Waals surface area contributed by atoms with Crippen LogP contribution in [0.1, 0.15) is 13.3 Å². The van der Waals surface area contributed by atoms with E-state index in [2.05, 4.69) is 37.2 Å². The zero-order valence-electron chi connectivity index (χ0n) is 13.2. The summed E-state index contributed by atoms with van der Waals surface area (Å²) in [4.78, 5) is 8.72. The van der Waals surface area contributed by atoms with Crippen LogP contribution in [0.15, 0.2) is 30.5 Å². The van der Waals surface area contributed by atoms with Crippen molar-refractivity contribution in [1.82, 2.24) is 15.2 Å². The zero-order valence-corrected chi connectivity index (χ0v) is 13.2. The zero-order chi connectivity index (χ0) is 16.1. The average molecular weight is 316 g/mol. The summed E-state index contributed by atoms with van der Waals surface area (Å²) in [5, 5.41) is 11.1. The lowest BCUT2D eigenvalue weighted by atomic mass is 10.2. The Labute approximate surface area is 135 Å². The first kappa shape index (κ1) is 15.5. The van der Waals surface area contributed by atoms with E-state index in [0.29, 0.717) is 11.6 Å². The van der Waals surface area contributed by atoms with Gasteiger partial charge in [0.05, 0.1) is 11.9 Å². The van der Waals surface area contributed by atoms with Gasteiger partial charge in [-0.1, -0.05) is 19.1 Å². The molecule has 1 N–H and O–H groups in total. The van der Waals surface area contributed by atoms with Crippen LogP contribution in [0.2, 0.25) is 0 Å². The lowest BCUT2D eigenvalue weighted by molar-refractivity contribution is 0.595. The molecule has 2 aromatic rings. The first-order valence-electron chi connectivity index (χ1n) is 7.96. The second-order valence-electron chi connectivity index (χ2n) is 5.49. The van der Waals surface area contributed by atoms with Gasteiger partial charge >= 0.3 is 0 Å². The molecule has 6 nitrogen and oxygen atoms in total. The van der Waals surface area contributed by atoms with Crippen LogP contribution in [0, 0.1) is 5.82 Å². The highest BCUT2D eigenvalue weighted by atomic mass is 19.1. The van der Waals surface area contributed by atoms with Crippen molar-refractivity contribution in [3.05, 3.63) is 36.3 Å². The van der Waals surface area contributed by atoms with Gasteiger partial charge in [0.1, 0.15) is 5.82 Å². The molecule has 1 aliphatic heterocycles. The highest BCUT2D eigenvalue weighted by Gasteiger charge is 2.20. The van der Waals surface area contributed by atoms with Crippen molar-refractivity contribution in [2.24, 2.45) is 0 Å². The van der Waals surface area contributed by atoms with E-state index in [4.69, 9.17) is 0 Å². The van der Waals surface area contributed by atoms with Gasteiger partial charge in [-0.25, -0.2) is 4.39 Å². The van der Waals surface area contributed by atoms with E-state index in [1.807, 2.05) is 12.1 Å². The van der Waals surface area contributed by atoms with Gasteiger partial charge in [0, 0.05) is 32.7 Å². The van der Waals surface area contributed by atoms with Gasteiger partial charge in [-0.15, -0.1) is 5.10 Å². The minimum atomic E-state index is -0.171. The third-order valence-electron chi connectivity index (χ3n) is 3.88. The van der Waals surface area contributed by atoms with Gasteiger partial charge in [0.25, 0.3) is 0 Å². The van der Waals surface area contributed by atoms with Crippen molar-refractivity contribution in [3.63, 3.8) is 0 Å². The topological polar surface area (TPSA) is 57.2 Å². The number of piperazine rings is 1. The van der Waals surface area contributed by atoms with Crippen LogP contribution in [0.4, 0.5) is 21.8 Å². The molecule has 1 aromatic heterocycles. The SMILES string of the molecule is CCCNc1nncc(N2CCN(c3ccccc3F)CC2)n1. The van der Waals surface area contributed by atoms with Crippen molar-refractivity contribution >= 4 is 17.5 Å². The summed E-state index contributed by atoms with van der Waals surface area (Å²) in [6, 6.07) is 6.91. The quantitative estimate of drug-likeness (QED) is 0.912. The number of hydrogen-bond donors (Lipinski definition) is 1. The van der Waals surface area contributed by atoms with Gasteiger partial charge in [-0.3, -0.25) is 0 Å². The summed E-state index contributed by atoms with van der Waals surface area (Å²) in [6.07, 6.45) is 2.69. The number of rotatable bonds is 5. The number of nitrogens with zero attached hydrogens (tertiary/aromatic N) is 5. The molecule has 7 heteroatoms. The molecule has 0 amide bonds. The Kier molecular flexibility index (Phi) is 4.85. The molecule has 122 valence electrons. The number of halogens is 1. The molecule has 1 saturated heterocycles. The van der Waals surface area contributed by atoms with Crippen LogP contribution in [0.5, 0.6) is 0 Å². The van der Waals surface area contributed by atoms with E-state index < -0.39 is 0 Å². The van der Waals surface area contributed by atoms with Crippen molar-refractivity contribution in [1.29, 1.82) is 0 Å². The Morgan fingerprint density at radius 2 is 1.87 bits per heavy atom. The Balaban J connectivity index is 1.64. The maximum Gasteiger partial charge on any atom is 0.244 e. The fourth-order valence-corrected chi connectivity index (χ4v) is 2.64. The van der Waals surface area contributed by atoms with Crippen molar-refractivity contribution in [3.8, 4) is 0 Å². The molecule has 0 aliphatic carbocycles. The molecule has 0 spiro atoms. The summed E-state index contributed by atoms with van der Waals surface area (Å²) in [7, 11) is 0. The third kappa shape index (κ3) is 3.67. The van der Waals surface area contributed by atoms with E-state index >= 15 is 0 Å². The largest absolute Gasteiger partial charge is 0.366 e.